The van der Waals surface area contributed by atoms with Crippen LogP contribution < -0.4 is 10.9 Å². The van der Waals surface area contributed by atoms with Crippen LogP contribution in [0.5, 0.6) is 0 Å². The third kappa shape index (κ3) is 4.09. The first kappa shape index (κ1) is 20.8. The lowest BCUT2D eigenvalue weighted by atomic mass is 10.1. The molecule has 3 aromatic rings. The molecule has 0 aliphatic carbocycles. The number of hydrogen-bond donors (Lipinski definition) is 1. The van der Waals surface area contributed by atoms with Crippen molar-refractivity contribution in [3.63, 3.8) is 0 Å². The normalized spacial score (nSPS) is 11.2. The molecule has 7 heteroatoms. The Morgan fingerprint density at radius 2 is 1.76 bits per heavy atom. The fraction of sp³-hybridized carbons (Fsp3) is 0.455. The SMILES string of the molecule is CCn1nc(C)c(CCNC(=O)Cn2c(=O)c(C)nc3cc(C)c(C)cc32)c1C. The molecule has 1 aromatic carbocycles. The first-order valence-electron chi connectivity index (χ1n) is 10.0. The van der Waals surface area contributed by atoms with E-state index in [0.29, 0.717) is 24.2 Å². The van der Waals surface area contributed by atoms with Gasteiger partial charge in [-0.15, -0.1) is 0 Å². The second kappa shape index (κ2) is 8.19. The zero-order chi connectivity index (χ0) is 21.3. The summed E-state index contributed by atoms with van der Waals surface area (Å²) in [6, 6.07) is 3.89. The van der Waals surface area contributed by atoms with Crippen LogP contribution in [0.2, 0.25) is 0 Å². The predicted octanol–water partition coefficient (Wildman–Crippen LogP) is 2.51. The summed E-state index contributed by atoms with van der Waals surface area (Å²) in [6.07, 6.45) is 0.715. The van der Waals surface area contributed by atoms with Crippen LogP contribution in [0.25, 0.3) is 11.0 Å². The number of hydrogen-bond acceptors (Lipinski definition) is 4. The third-order valence-electron chi connectivity index (χ3n) is 5.55. The average molecular weight is 396 g/mol. The molecule has 0 saturated carbocycles. The second-order valence-electron chi connectivity index (χ2n) is 7.58. The Labute approximate surface area is 170 Å². The number of nitrogens with zero attached hydrogens (tertiary/aromatic N) is 4. The van der Waals surface area contributed by atoms with Crippen LogP contribution in [0.4, 0.5) is 0 Å². The van der Waals surface area contributed by atoms with Crippen LogP contribution >= 0.6 is 0 Å². The van der Waals surface area contributed by atoms with E-state index in [1.807, 2.05) is 37.6 Å². The van der Waals surface area contributed by atoms with Gasteiger partial charge in [0.05, 0.1) is 16.7 Å². The van der Waals surface area contributed by atoms with E-state index >= 15 is 0 Å². The summed E-state index contributed by atoms with van der Waals surface area (Å²) in [7, 11) is 0. The molecule has 0 fully saturated rings. The first-order valence-corrected chi connectivity index (χ1v) is 10.0. The lowest BCUT2D eigenvalue weighted by molar-refractivity contribution is -0.121. The zero-order valence-electron chi connectivity index (χ0n) is 18.1. The number of aromatic nitrogens is 4. The summed E-state index contributed by atoms with van der Waals surface area (Å²) in [5, 5.41) is 7.46. The molecule has 0 spiro atoms. The highest BCUT2D eigenvalue weighted by Gasteiger charge is 2.14. The molecule has 2 aromatic heterocycles. The fourth-order valence-electron chi connectivity index (χ4n) is 3.71. The van der Waals surface area contributed by atoms with Gasteiger partial charge in [-0.05, 0) is 76.8 Å². The molecule has 2 heterocycles. The van der Waals surface area contributed by atoms with E-state index < -0.39 is 0 Å². The minimum Gasteiger partial charge on any atom is -0.354 e. The number of nitrogens with one attached hydrogen (secondary N) is 1. The van der Waals surface area contributed by atoms with Crippen LogP contribution in [0.1, 0.15) is 40.7 Å². The molecule has 7 nitrogen and oxygen atoms in total. The molecule has 0 aliphatic heterocycles. The monoisotopic (exact) mass is 395 g/mol. The summed E-state index contributed by atoms with van der Waals surface area (Å²) in [5.41, 5.74) is 7.06. The van der Waals surface area contributed by atoms with Crippen molar-refractivity contribution in [2.24, 2.45) is 0 Å². The Bertz CT molecular complexity index is 1140. The van der Waals surface area contributed by atoms with Crippen molar-refractivity contribution in [1.82, 2.24) is 24.6 Å². The number of fused-ring (bicyclic) bond motifs is 1. The second-order valence-corrected chi connectivity index (χ2v) is 7.58. The van der Waals surface area contributed by atoms with Gasteiger partial charge >= 0.3 is 0 Å². The van der Waals surface area contributed by atoms with E-state index in [2.05, 4.69) is 29.2 Å². The maximum atomic E-state index is 12.6. The maximum absolute atomic E-state index is 12.6. The topological polar surface area (TPSA) is 81.8 Å². The van der Waals surface area contributed by atoms with Crippen LogP contribution in [0.15, 0.2) is 16.9 Å². The van der Waals surface area contributed by atoms with Gasteiger partial charge in [-0.25, -0.2) is 4.98 Å². The van der Waals surface area contributed by atoms with E-state index in [-0.39, 0.29) is 18.0 Å². The van der Waals surface area contributed by atoms with Crippen LogP contribution in [-0.2, 0) is 24.3 Å². The fourth-order valence-corrected chi connectivity index (χ4v) is 3.71. The van der Waals surface area contributed by atoms with Crippen molar-refractivity contribution >= 4 is 16.9 Å². The molecule has 0 atom stereocenters. The molecule has 0 bridgehead atoms. The van der Waals surface area contributed by atoms with Gasteiger partial charge in [0.25, 0.3) is 5.56 Å². The van der Waals surface area contributed by atoms with E-state index in [9.17, 15) is 9.59 Å². The van der Waals surface area contributed by atoms with Gasteiger partial charge < -0.3 is 5.32 Å². The van der Waals surface area contributed by atoms with Gasteiger partial charge in [0.1, 0.15) is 12.2 Å². The quantitative estimate of drug-likeness (QED) is 0.695. The van der Waals surface area contributed by atoms with Crippen molar-refractivity contribution in [2.75, 3.05) is 6.54 Å². The third-order valence-corrected chi connectivity index (χ3v) is 5.55. The highest BCUT2D eigenvalue weighted by Crippen LogP contribution is 2.17. The molecular weight excluding hydrogens is 366 g/mol. The van der Waals surface area contributed by atoms with Gasteiger partial charge in [0, 0.05) is 18.8 Å². The molecule has 154 valence electrons. The molecule has 0 unspecified atom stereocenters. The van der Waals surface area contributed by atoms with Crippen molar-refractivity contribution in [3.8, 4) is 0 Å². The molecule has 1 amide bonds. The Morgan fingerprint density at radius 3 is 2.41 bits per heavy atom. The summed E-state index contributed by atoms with van der Waals surface area (Å²) in [6.45, 7) is 13.1. The summed E-state index contributed by atoms with van der Waals surface area (Å²) in [4.78, 5) is 29.6. The lowest BCUT2D eigenvalue weighted by Gasteiger charge is -2.13. The van der Waals surface area contributed by atoms with Crippen LogP contribution in [0, 0.1) is 34.6 Å². The zero-order valence-corrected chi connectivity index (χ0v) is 18.1. The van der Waals surface area contributed by atoms with Crippen LogP contribution in [-0.4, -0.2) is 31.8 Å². The minimum absolute atomic E-state index is 0.0205. The summed E-state index contributed by atoms with van der Waals surface area (Å²) < 4.78 is 3.49. The Morgan fingerprint density at radius 1 is 1.07 bits per heavy atom. The van der Waals surface area contributed by atoms with E-state index in [1.54, 1.807) is 6.92 Å². The smallest absolute Gasteiger partial charge is 0.272 e. The Hall–Kier alpha value is -2.96. The minimum atomic E-state index is -0.230. The largest absolute Gasteiger partial charge is 0.354 e. The van der Waals surface area contributed by atoms with Gasteiger partial charge in [-0.2, -0.15) is 5.10 Å². The van der Waals surface area contributed by atoms with Crippen molar-refractivity contribution in [3.05, 3.63) is 56.3 Å². The number of benzene rings is 1. The van der Waals surface area contributed by atoms with Gasteiger partial charge in [-0.3, -0.25) is 18.8 Å². The highest BCUT2D eigenvalue weighted by atomic mass is 16.2. The molecule has 3 rings (SSSR count). The number of rotatable bonds is 6. The van der Waals surface area contributed by atoms with Gasteiger partial charge in [-0.1, -0.05) is 0 Å². The molecule has 29 heavy (non-hydrogen) atoms. The molecule has 0 aliphatic rings. The highest BCUT2D eigenvalue weighted by molar-refractivity contribution is 5.81. The van der Waals surface area contributed by atoms with E-state index in [0.717, 1.165) is 34.6 Å². The molecule has 0 saturated heterocycles. The van der Waals surface area contributed by atoms with Crippen molar-refractivity contribution < 1.29 is 4.79 Å². The summed E-state index contributed by atoms with van der Waals surface area (Å²) in [5.74, 6) is -0.185. The van der Waals surface area contributed by atoms with Gasteiger partial charge in [0.2, 0.25) is 5.91 Å². The number of carbonyl (C=O) groups is 1. The number of aryl methyl sites for hydroxylation is 5. The molecule has 1 N–H and O–H groups in total. The maximum Gasteiger partial charge on any atom is 0.272 e. The summed E-state index contributed by atoms with van der Waals surface area (Å²) >= 11 is 0. The Kier molecular flexibility index (Phi) is 5.86. The Balaban J connectivity index is 1.77. The van der Waals surface area contributed by atoms with Crippen LogP contribution in [0.3, 0.4) is 0 Å². The number of amides is 1. The van der Waals surface area contributed by atoms with Gasteiger partial charge in [0.15, 0.2) is 0 Å². The van der Waals surface area contributed by atoms with E-state index in [1.165, 1.54) is 10.1 Å². The first-order chi connectivity index (χ1) is 13.7. The predicted molar refractivity (Wildman–Crippen MR) is 114 cm³/mol. The number of carbonyl (C=O) groups excluding carboxylic acids is 1. The molecule has 0 radical (unpaired) electrons. The van der Waals surface area contributed by atoms with E-state index in [4.69, 9.17) is 0 Å². The van der Waals surface area contributed by atoms with Crippen molar-refractivity contribution in [1.29, 1.82) is 0 Å². The molecular formula is C22H29N5O2. The lowest BCUT2D eigenvalue weighted by Crippen LogP contribution is -2.34. The average Bonchev–Trinajstić information content (AvgIpc) is 2.94. The van der Waals surface area contributed by atoms with Crippen molar-refractivity contribution in [2.45, 2.75) is 61.1 Å². The standard InChI is InChI=1S/C22H29N5O2/c1-7-27-17(6)18(15(4)25-27)8-9-23-21(28)12-26-20-11-14(3)13(2)10-19(20)24-16(5)22(26)29/h10-11H,7-9,12H2,1-6H3,(H,23,28).